The standard InChI is InChI=1S/C15H17N5O/c16-14-13(21-9-3-6-17-7-4-9)12-10-2-1-5-18-15(10)20-11(12)8-19-14/h1-2,5,8-9,17H,3-4,6-7H2,(H2,16,19)(H,18,20). The van der Waals surface area contributed by atoms with E-state index in [0.717, 1.165) is 47.9 Å². The van der Waals surface area contributed by atoms with Gasteiger partial charge < -0.3 is 20.8 Å². The molecule has 0 radical (unpaired) electrons. The Labute approximate surface area is 121 Å². The number of hydrogen-bond donors (Lipinski definition) is 3. The molecular formula is C15H17N5O. The number of anilines is 1. The zero-order valence-electron chi connectivity index (χ0n) is 11.6. The Morgan fingerprint density at radius 3 is 2.95 bits per heavy atom. The number of rotatable bonds is 2. The Hall–Kier alpha value is -2.34. The Balaban J connectivity index is 1.87. The molecule has 0 aromatic carbocycles. The largest absolute Gasteiger partial charge is 0.486 e. The first-order chi connectivity index (χ1) is 10.3. The first-order valence-electron chi connectivity index (χ1n) is 7.21. The molecule has 4 rings (SSSR count). The highest BCUT2D eigenvalue weighted by Crippen LogP contribution is 2.36. The number of ether oxygens (including phenoxy) is 1. The van der Waals surface area contributed by atoms with E-state index in [-0.39, 0.29) is 6.10 Å². The van der Waals surface area contributed by atoms with Crippen LogP contribution in [-0.4, -0.2) is 34.1 Å². The predicted molar refractivity (Wildman–Crippen MR) is 82.3 cm³/mol. The molecule has 3 aromatic rings. The topological polar surface area (TPSA) is 88.9 Å². The van der Waals surface area contributed by atoms with Gasteiger partial charge in [-0.05, 0) is 38.1 Å². The van der Waals surface area contributed by atoms with Gasteiger partial charge in [0.1, 0.15) is 11.8 Å². The van der Waals surface area contributed by atoms with Gasteiger partial charge in [0, 0.05) is 11.6 Å². The van der Waals surface area contributed by atoms with Gasteiger partial charge in [-0.25, -0.2) is 9.97 Å². The number of hydrogen-bond acceptors (Lipinski definition) is 5. The van der Waals surface area contributed by atoms with Crippen LogP contribution < -0.4 is 15.8 Å². The van der Waals surface area contributed by atoms with Gasteiger partial charge in [-0.15, -0.1) is 0 Å². The molecule has 0 atom stereocenters. The smallest absolute Gasteiger partial charge is 0.171 e. The first-order valence-corrected chi connectivity index (χ1v) is 7.21. The van der Waals surface area contributed by atoms with E-state index < -0.39 is 0 Å². The van der Waals surface area contributed by atoms with Crippen LogP contribution in [0.5, 0.6) is 5.75 Å². The van der Waals surface area contributed by atoms with Crippen LogP contribution in [0.4, 0.5) is 5.82 Å². The van der Waals surface area contributed by atoms with Gasteiger partial charge in [0.2, 0.25) is 0 Å². The minimum atomic E-state index is 0.183. The zero-order chi connectivity index (χ0) is 14.2. The van der Waals surface area contributed by atoms with Crippen LogP contribution in [0, 0.1) is 0 Å². The molecule has 0 bridgehead atoms. The molecule has 4 N–H and O–H groups in total. The van der Waals surface area contributed by atoms with E-state index in [1.807, 2.05) is 12.1 Å². The molecule has 1 aliphatic heterocycles. The summed E-state index contributed by atoms with van der Waals surface area (Å²) in [6, 6.07) is 3.94. The number of aromatic nitrogens is 3. The number of H-pyrrole nitrogens is 1. The van der Waals surface area contributed by atoms with Crippen LogP contribution in [0.1, 0.15) is 12.8 Å². The van der Waals surface area contributed by atoms with Crippen LogP contribution in [0.3, 0.4) is 0 Å². The monoisotopic (exact) mass is 283 g/mol. The third-order valence-corrected chi connectivity index (χ3v) is 3.96. The lowest BCUT2D eigenvalue weighted by Gasteiger charge is -2.24. The van der Waals surface area contributed by atoms with Crippen LogP contribution in [0.15, 0.2) is 24.5 Å². The lowest BCUT2D eigenvalue weighted by atomic mass is 10.1. The fourth-order valence-corrected chi connectivity index (χ4v) is 2.90. The molecule has 1 aliphatic rings. The quantitative estimate of drug-likeness (QED) is 0.667. The average Bonchev–Trinajstić information content (AvgIpc) is 2.90. The Kier molecular flexibility index (Phi) is 2.89. The van der Waals surface area contributed by atoms with E-state index in [2.05, 4.69) is 20.3 Å². The van der Waals surface area contributed by atoms with Gasteiger partial charge in [-0.3, -0.25) is 0 Å². The molecule has 0 unspecified atom stereocenters. The molecule has 3 aromatic heterocycles. The summed E-state index contributed by atoms with van der Waals surface area (Å²) in [4.78, 5) is 11.9. The van der Waals surface area contributed by atoms with Gasteiger partial charge in [0.25, 0.3) is 0 Å². The molecule has 0 aliphatic carbocycles. The summed E-state index contributed by atoms with van der Waals surface area (Å²) in [6.45, 7) is 1.95. The van der Waals surface area contributed by atoms with E-state index in [9.17, 15) is 0 Å². The number of nitrogen functional groups attached to an aromatic ring is 1. The third kappa shape index (κ3) is 2.08. The predicted octanol–water partition coefficient (Wildman–Crippen LogP) is 1.82. The third-order valence-electron chi connectivity index (χ3n) is 3.96. The molecule has 108 valence electrons. The number of fused-ring (bicyclic) bond motifs is 3. The summed E-state index contributed by atoms with van der Waals surface area (Å²) in [7, 11) is 0. The van der Waals surface area contributed by atoms with Crippen molar-refractivity contribution < 1.29 is 4.74 Å². The van der Waals surface area contributed by atoms with Crippen LogP contribution in [-0.2, 0) is 0 Å². The van der Waals surface area contributed by atoms with E-state index in [1.165, 1.54) is 0 Å². The molecule has 6 nitrogen and oxygen atoms in total. The number of piperidine rings is 1. The van der Waals surface area contributed by atoms with Gasteiger partial charge in [-0.1, -0.05) is 0 Å². The van der Waals surface area contributed by atoms with E-state index >= 15 is 0 Å². The molecule has 4 heterocycles. The molecule has 0 saturated carbocycles. The van der Waals surface area contributed by atoms with Crippen LogP contribution in [0.25, 0.3) is 21.9 Å². The number of nitrogens with one attached hydrogen (secondary N) is 2. The Morgan fingerprint density at radius 1 is 1.24 bits per heavy atom. The van der Waals surface area contributed by atoms with Crippen molar-refractivity contribution in [2.24, 2.45) is 0 Å². The second-order valence-corrected chi connectivity index (χ2v) is 5.35. The Bertz CT molecular complexity index is 791. The molecule has 0 amide bonds. The highest BCUT2D eigenvalue weighted by atomic mass is 16.5. The maximum absolute atomic E-state index is 6.19. The summed E-state index contributed by atoms with van der Waals surface area (Å²) >= 11 is 0. The van der Waals surface area contributed by atoms with Crippen LogP contribution >= 0.6 is 0 Å². The zero-order valence-corrected chi connectivity index (χ0v) is 11.6. The minimum absolute atomic E-state index is 0.183. The summed E-state index contributed by atoms with van der Waals surface area (Å²) in [5.74, 6) is 1.12. The summed E-state index contributed by atoms with van der Waals surface area (Å²) in [5.41, 5.74) is 7.80. The van der Waals surface area contributed by atoms with Crippen molar-refractivity contribution in [1.29, 1.82) is 0 Å². The summed E-state index contributed by atoms with van der Waals surface area (Å²) in [5, 5.41) is 5.33. The molecule has 6 heteroatoms. The molecule has 0 spiro atoms. The van der Waals surface area contributed by atoms with E-state index in [4.69, 9.17) is 10.5 Å². The first kappa shape index (κ1) is 12.4. The van der Waals surface area contributed by atoms with Gasteiger partial charge in [0.15, 0.2) is 11.6 Å². The van der Waals surface area contributed by atoms with Crippen molar-refractivity contribution in [3.8, 4) is 5.75 Å². The molecule has 21 heavy (non-hydrogen) atoms. The fourth-order valence-electron chi connectivity index (χ4n) is 2.90. The highest BCUT2D eigenvalue weighted by Gasteiger charge is 2.20. The lowest BCUT2D eigenvalue weighted by Crippen LogP contribution is -2.34. The molecule has 1 fully saturated rings. The van der Waals surface area contributed by atoms with Crippen LogP contribution in [0.2, 0.25) is 0 Å². The maximum atomic E-state index is 6.19. The van der Waals surface area contributed by atoms with Crippen molar-refractivity contribution >= 4 is 27.8 Å². The van der Waals surface area contributed by atoms with Crippen molar-refractivity contribution in [3.05, 3.63) is 24.5 Å². The summed E-state index contributed by atoms with van der Waals surface area (Å²) in [6.07, 6.45) is 5.65. The van der Waals surface area contributed by atoms with Crippen molar-refractivity contribution in [2.45, 2.75) is 18.9 Å². The number of nitrogens with two attached hydrogens (primary N) is 1. The van der Waals surface area contributed by atoms with Crippen molar-refractivity contribution in [3.63, 3.8) is 0 Å². The van der Waals surface area contributed by atoms with Gasteiger partial charge in [0.05, 0.1) is 17.1 Å². The Morgan fingerprint density at radius 2 is 2.10 bits per heavy atom. The van der Waals surface area contributed by atoms with Gasteiger partial charge >= 0.3 is 0 Å². The van der Waals surface area contributed by atoms with Crippen molar-refractivity contribution in [2.75, 3.05) is 18.8 Å². The number of nitrogens with zero attached hydrogens (tertiary/aromatic N) is 2. The van der Waals surface area contributed by atoms with E-state index in [0.29, 0.717) is 11.6 Å². The van der Waals surface area contributed by atoms with E-state index in [1.54, 1.807) is 12.4 Å². The molecular weight excluding hydrogens is 266 g/mol. The lowest BCUT2D eigenvalue weighted by molar-refractivity contribution is 0.165. The SMILES string of the molecule is Nc1ncc2[nH]c3ncccc3c2c1OC1CCNCC1. The second-order valence-electron chi connectivity index (χ2n) is 5.35. The average molecular weight is 283 g/mol. The summed E-state index contributed by atoms with van der Waals surface area (Å²) < 4.78 is 6.19. The maximum Gasteiger partial charge on any atom is 0.171 e. The normalized spacial score (nSPS) is 16.6. The number of aromatic amines is 1. The highest BCUT2D eigenvalue weighted by molar-refractivity contribution is 6.10. The second kappa shape index (κ2) is 4.89. The molecule has 1 saturated heterocycles. The fraction of sp³-hybridized carbons (Fsp3) is 0.333. The number of pyridine rings is 2. The van der Waals surface area contributed by atoms with Crippen molar-refractivity contribution in [1.82, 2.24) is 20.3 Å². The minimum Gasteiger partial charge on any atom is -0.486 e. The van der Waals surface area contributed by atoms with Gasteiger partial charge in [-0.2, -0.15) is 0 Å².